The van der Waals surface area contributed by atoms with Gasteiger partial charge in [-0.05, 0) is 43.8 Å². The molecule has 1 fully saturated rings. The lowest BCUT2D eigenvalue weighted by Gasteiger charge is -2.39. The summed E-state index contributed by atoms with van der Waals surface area (Å²) >= 11 is 6.04. The van der Waals surface area contributed by atoms with Crippen molar-refractivity contribution in [2.45, 2.75) is 13.0 Å². The average molecular weight is 506 g/mol. The van der Waals surface area contributed by atoms with E-state index in [1.54, 1.807) is 31.2 Å². The van der Waals surface area contributed by atoms with E-state index < -0.39 is 0 Å². The number of ether oxygens (including phenoxy) is 3. The van der Waals surface area contributed by atoms with E-state index in [1.807, 2.05) is 43.1 Å². The first kappa shape index (κ1) is 27.9. The molecule has 1 unspecified atom stereocenters. The number of carbonyl (C=O) groups is 3. The quantitative estimate of drug-likeness (QED) is 0.397. The zero-order valence-electron chi connectivity index (χ0n) is 20.7. The summed E-state index contributed by atoms with van der Waals surface area (Å²) < 4.78 is 15.0. The van der Waals surface area contributed by atoms with Crippen molar-refractivity contribution >= 4 is 41.7 Å². The van der Waals surface area contributed by atoms with Gasteiger partial charge in [0.25, 0.3) is 6.47 Å². The highest BCUT2D eigenvalue weighted by atomic mass is 35.5. The molecule has 1 heterocycles. The molecule has 1 aliphatic rings. The second kappa shape index (κ2) is 13.6. The number of aryl methyl sites for hydroxylation is 1. The molecule has 2 aromatic carbocycles. The molecule has 0 aromatic heterocycles. The number of esters is 1. The Morgan fingerprint density at radius 1 is 1.14 bits per heavy atom. The molecular formula is C25H32ClN3O6. The molecule has 0 radical (unpaired) electrons. The normalized spacial score (nSPS) is 15.4. The molecule has 0 N–H and O–H groups in total. The first-order valence-electron chi connectivity index (χ1n) is 11.0. The van der Waals surface area contributed by atoms with Gasteiger partial charge in [-0.15, -0.1) is 0 Å². The fourth-order valence-corrected chi connectivity index (χ4v) is 3.88. The van der Waals surface area contributed by atoms with Gasteiger partial charge in [0.15, 0.2) is 5.75 Å². The number of aldehydes is 1. The monoisotopic (exact) mass is 505 g/mol. The van der Waals surface area contributed by atoms with E-state index in [-0.39, 0.29) is 18.6 Å². The molecule has 0 spiro atoms. The largest absolute Gasteiger partial charge is 0.495 e. The number of methoxy groups -OCH3 is 2. The SMILES string of the molecule is COC(=O)C1CN(C)CCN1c1ccc(Cl)c(OC)c1.Cc1ccc(N(C)CC=O)c(OC=O)c1. The Morgan fingerprint density at radius 2 is 1.89 bits per heavy atom. The second-order valence-corrected chi connectivity index (χ2v) is 8.45. The Balaban J connectivity index is 0.000000258. The summed E-state index contributed by atoms with van der Waals surface area (Å²) in [5, 5.41) is 0.556. The van der Waals surface area contributed by atoms with Crippen LogP contribution in [0.15, 0.2) is 36.4 Å². The molecule has 3 rings (SSSR count). The van der Waals surface area contributed by atoms with Crippen molar-refractivity contribution < 1.29 is 28.6 Å². The molecule has 190 valence electrons. The first-order valence-corrected chi connectivity index (χ1v) is 11.4. The molecule has 1 atom stereocenters. The number of hydrogen-bond acceptors (Lipinski definition) is 9. The van der Waals surface area contributed by atoms with Crippen molar-refractivity contribution in [3.8, 4) is 11.5 Å². The number of hydrogen-bond donors (Lipinski definition) is 0. The topological polar surface area (TPSA) is 88.6 Å². The standard InChI is InChI=1S/C14H19ClN2O3.C11H13NO3/c1-16-6-7-17(12(9-16)14(18)20-3)10-4-5-11(15)13(8-10)19-2;1-9-3-4-10(12(2)5-6-13)11(7-9)15-8-14/h4-5,8,12H,6-7,9H2,1-3H3;3-4,6-8H,5H2,1-2H3. The van der Waals surface area contributed by atoms with E-state index in [9.17, 15) is 14.4 Å². The Kier molecular flexibility index (Phi) is 10.8. The van der Waals surface area contributed by atoms with Crippen molar-refractivity contribution in [2.24, 2.45) is 0 Å². The smallest absolute Gasteiger partial charge is 0.329 e. The molecule has 2 aromatic rings. The van der Waals surface area contributed by atoms with E-state index in [0.717, 1.165) is 36.3 Å². The van der Waals surface area contributed by atoms with Crippen LogP contribution in [0.5, 0.6) is 11.5 Å². The van der Waals surface area contributed by atoms with Crippen LogP contribution in [-0.4, -0.2) is 84.2 Å². The number of halogens is 1. The third kappa shape index (κ3) is 7.60. The second-order valence-electron chi connectivity index (χ2n) is 8.05. The van der Waals surface area contributed by atoms with E-state index in [1.165, 1.54) is 7.11 Å². The summed E-state index contributed by atoms with van der Waals surface area (Å²) in [6.07, 6.45) is 0.796. The lowest BCUT2D eigenvalue weighted by atomic mass is 10.1. The Labute approximate surface area is 211 Å². The van der Waals surface area contributed by atoms with Crippen LogP contribution in [0.4, 0.5) is 11.4 Å². The lowest BCUT2D eigenvalue weighted by Crippen LogP contribution is -2.55. The van der Waals surface area contributed by atoms with Crippen LogP contribution in [0.2, 0.25) is 5.02 Å². The molecule has 0 amide bonds. The zero-order valence-corrected chi connectivity index (χ0v) is 21.4. The molecule has 0 aliphatic carbocycles. The molecule has 0 saturated carbocycles. The third-order valence-corrected chi connectivity index (χ3v) is 5.89. The molecule has 0 bridgehead atoms. The van der Waals surface area contributed by atoms with Gasteiger partial charge in [0.2, 0.25) is 0 Å². The molecule has 1 aliphatic heterocycles. The minimum absolute atomic E-state index is 0.231. The third-order valence-electron chi connectivity index (χ3n) is 5.57. The van der Waals surface area contributed by atoms with Crippen LogP contribution in [0.3, 0.4) is 0 Å². The summed E-state index contributed by atoms with van der Waals surface area (Å²) in [4.78, 5) is 38.5. The van der Waals surface area contributed by atoms with Gasteiger partial charge in [0, 0.05) is 38.4 Å². The maximum absolute atomic E-state index is 12.0. The average Bonchev–Trinajstić information content (AvgIpc) is 2.85. The number of benzene rings is 2. The minimum atomic E-state index is -0.315. The number of anilines is 2. The van der Waals surface area contributed by atoms with Gasteiger partial charge in [0.1, 0.15) is 18.1 Å². The highest BCUT2D eigenvalue weighted by Gasteiger charge is 2.32. The van der Waals surface area contributed by atoms with Crippen molar-refractivity contribution in [3.05, 3.63) is 47.0 Å². The van der Waals surface area contributed by atoms with Gasteiger partial charge in [-0.3, -0.25) is 4.79 Å². The van der Waals surface area contributed by atoms with Crippen LogP contribution >= 0.6 is 11.6 Å². The minimum Gasteiger partial charge on any atom is -0.495 e. The molecule has 1 saturated heterocycles. The Morgan fingerprint density at radius 3 is 2.51 bits per heavy atom. The lowest BCUT2D eigenvalue weighted by molar-refractivity contribution is -0.143. The van der Waals surface area contributed by atoms with Gasteiger partial charge in [-0.25, -0.2) is 4.79 Å². The number of carbonyl (C=O) groups excluding carboxylic acids is 3. The summed E-state index contributed by atoms with van der Waals surface area (Å²) in [6, 6.07) is 10.7. The van der Waals surface area contributed by atoms with E-state index in [4.69, 9.17) is 25.8 Å². The summed E-state index contributed by atoms with van der Waals surface area (Å²) in [6.45, 7) is 4.82. The summed E-state index contributed by atoms with van der Waals surface area (Å²) in [5.41, 5.74) is 2.63. The fourth-order valence-electron chi connectivity index (χ4n) is 3.69. The zero-order chi connectivity index (χ0) is 26.0. The van der Waals surface area contributed by atoms with Crippen molar-refractivity contribution in [3.63, 3.8) is 0 Å². The van der Waals surface area contributed by atoms with Crippen LogP contribution in [0, 0.1) is 6.92 Å². The highest BCUT2D eigenvalue weighted by molar-refractivity contribution is 6.32. The van der Waals surface area contributed by atoms with Crippen molar-refractivity contribution in [2.75, 3.05) is 64.3 Å². The number of nitrogens with zero attached hydrogens (tertiary/aromatic N) is 3. The van der Waals surface area contributed by atoms with Gasteiger partial charge in [0.05, 0.1) is 31.5 Å². The van der Waals surface area contributed by atoms with Crippen LogP contribution in [0.25, 0.3) is 0 Å². The van der Waals surface area contributed by atoms with Gasteiger partial charge < -0.3 is 33.7 Å². The van der Waals surface area contributed by atoms with Crippen LogP contribution in [0.1, 0.15) is 5.56 Å². The van der Waals surface area contributed by atoms with Gasteiger partial charge in [-0.2, -0.15) is 0 Å². The maximum Gasteiger partial charge on any atom is 0.329 e. The van der Waals surface area contributed by atoms with Crippen LogP contribution in [-0.2, 0) is 19.1 Å². The Hall–Kier alpha value is -3.30. The predicted molar refractivity (Wildman–Crippen MR) is 136 cm³/mol. The molecule has 35 heavy (non-hydrogen) atoms. The molecule has 10 heteroatoms. The van der Waals surface area contributed by atoms with E-state index in [2.05, 4.69) is 4.90 Å². The van der Waals surface area contributed by atoms with Gasteiger partial charge in [-0.1, -0.05) is 17.7 Å². The summed E-state index contributed by atoms with van der Waals surface area (Å²) in [7, 11) is 6.75. The van der Waals surface area contributed by atoms with Crippen molar-refractivity contribution in [1.82, 2.24) is 4.90 Å². The van der Waals surface area contributed by atoms with Gasteiger partial charge >= 0.3 is 5.97 Å². The molecular weight excluding hydrogens is 474 g/mol. The van der Waals surface area contributed by atoms with E-state index >= 15 is 0 Å². The van der Waals surface area contributed by atoms with E-state index in [0.29, 0.717) is 29.5 Å². The van der Waals surface area contributed by atoms with Crippen LogP contribution < -0.4 is 19.3 Å². The summed E-state index contributed by atoms with van der Waals surface area (Å²) in [5.74, 6) is 0.839. The predicted octanol–water partition coefficient (Wildman–Crippen LogP) is 2.81. The Bertz CT molecular complexity index is 1020. The number of piperazine rings is 1. The number of likely N-dealkylation sites (N-methyl/N-ethyl adjacent to an activating group) is 2. The van der Waals surface area contributed by atoms with Crippen molar-refractivity contribution in [1.29, 1.82) is 0 Å². The maximum atomic E-state index is 12.0. The highest BCUT2D eigenvalue weighted by Crippen LogP contribution is 2.31. The fraction of sp³-hybridized carbons (Fsp3) is 0.400. The first-order chi connectivity index (χ1) is 16.7. The molecule has 9 nitrogen and oxygen atoms in total. The number of rotatable bonds is 8.